The fraction of sp³-hybridized carbons (Fsp3) is 0.526. The Morgan fingerprint density at radius 3 is 2.50 bits per heavy atom. The van der Waals surface area contributed by atoms with Gasteiger partial charge in [-0.2, -0.15) is 0 Å². The van der Waals surface area contributed by atoms with Crippen molar-refractivity contribution in [2.75, 3.05) is 26.2 Å². The van der Waals surface area contributed by atoms with Crippen LogP contribution in [0, 0.1) is 19.7 Å². The van der Waals surface area contributed by atoms with Crippen LogP contribution in [-0.2, 0) is 4.74 Å². The molecule has 156 valence electrons. The van der Waals surface area contributed by atoms with Gasteiger partial charge in [-0.25, -0.2) is 14.4 Å². The van der Waals surface area contributed by atoms with Crippen LogP contribution in [0.5, 0.6) is 0 Å². The van der Waals surface area contributed by atoms with E-state index in [1.165, 1.54) is 12.1 Å². The summed E-state index contributed by atoms with van der Waals surface area (Å²) >= 11 is 0. The summed E-state index contributed by atoms with van der Waals surface area (Å²) in [7, 11) is 0. The molecule has 0 spiro atoms. The molecular weight excluding hydrogens is 406 g/mol. The topological polar surface area (TPSA) is 81.3 Å². The highest BCUT2D eigenvalue weighted by atomic mass is 35.5. The molecule has 0 bridgehead atoms. The molecule has 2 N–H and O–H groups in total. The molecular formula is C19H27Cl2FN4O2. The molecule has 1 amide bonds. The van der Waals surface area contributed by atoms with E-state index in [9.17, 15) is 9.18 Å². The van der Waals surface area contributed by atoms with Gasteiger partial charge in [0.2, 0.25) is 0 Å². The highest BCUT2D eigenvalue weighted by molar-refractivity contribution is 6.04. The number of piperidine rings is 1. The van der Waals surface area contributed by atoms with Crippen LogP contribution in [0.4, 0.5) is 4.39 Å². The molecule has 0 aliphatic carbocycles. The number of hydrogen-bond donors (Lipinski definition) is 1. The zero-order valence-electron chi connectivity index (χ0n) is 16.1. The van der Waals surface area contributed by atoms with E-state index in [0.717, 1.165) is 30.7 Å². The van der Waals surface area contributed by atoms with Crippen molar-refractivity contribution in [3.63, 3.8) is 0 Å². The molecule has 1 aliphatic rings. The van der Waals surface area contributed by atoms with E-state index >= 15 is 0 Å². The number of hydrogen-bond acceptors (Lipinski definition) is 5. The molecule has 6 nitrogen and oxygen atoms in total. The predicted octanol–water partition coefficient (Wildman–Crippen LogP) is 3.20. The number of nitrogens with zero attached hydrogens (tertiary/aromatic N) is 3. The standard InChI is InChI=1S/C19H25FN4O2.2ClH/c1-12-13(2)23-18-16(10-14(20)11-17(18)22-12)19(25)24-7-4-15(5-8-24)26-9-3-6-21;;/h10-11,15H,3-9,21H2,1-2H3;2*1H. The zero-order chi connectivity index (χ0) is 18.7. The number of rotatable bonds is 5. The second-order valence-electron chi connectivity index (χ2n) is 6.72. The summed E-state index contributed by atoms with van der Waals surface area (Å²) < 4.78 is 19.8. The average molecular weight is 433 g/mol. The van der Waals surface area contributed by atoms with E-state index < -0.39 is 5.82 Å². The van der Waals surface area contributed by atoms with Crippen molar-refractivity contribution < 1.29 is 13.9 Å². The van der Waals surface area contributed by atoms with Crippen LogP contribution < -0.4 is 5.73 Å². The molecule has 2 aromatic rings. The highest BCUT2D eigenvalue weighted by Crippen LogP contribution is 2.23. The van der Waals surface area contributed by atoms with Gasteiger partial charge in [0.1, 0.15) is 11.3 Å². The number of fused-ring (bicyclic) bond motifs is 1. The van der Waals surface area contributed by atoms with E-state index in [1.807, 2.05) is 13.8 Å². The first kappa shape index (κ1) is 24.5. The molecule has 1 fully saturated rings. The van der Waals surface area contributed by atoms with Crippen molar-refractivity contribution in [3.05, 3.63) is 34.9 Å². The van der Waals surface area contributed by atoms with Crippen LogP contribution in [-0.4, -0.2) is 53.1 Å². The molecule has 3 rings (SSSR count). The third-order valence-corrected chi connectivity index (χ3v) is 4.81. The molecule has 2 heterocycles. The maximum absolute atomic E-state index is 14.0. The number of amides is 1. The molecule has 0 saturated carbocycles. The highest BCUT2D eigenvalue weighted by Gasteiger charge is 2.26. The maximum atomic E-state index is 14.0. The number of aryl methyl sites for hydroxylation is 2. The Morgan fingerprint density at radius 1 is 1.21 bits per heavy atom. The quantitative estimate of drug-likeness (QED) is 0.733. The Kier molecular flexibility index (Phi) is 9.50. The van der Waals surface area contributed by atoms with Crippen molar-refractivity contribution in [2.24, 2.45) is 5.73 Å². The van der Waals surface area contributed by atoms with Gasteiger partial charge in [-0.15, -0.1) is 24.8 Å². The molecule has 1 saturated heterocycles. The van der Waals surface area contributed by atoms with E-state index in [4.69, 9.17) is 10.5 Å². The van der Waals surface area contributed by atoms with Gasteiger partial charge in [-0.1, -0.05) is 0 Å². The lowest BCUT2D eigenvalue weighted by molar-refractivity contribution is 0.00848. The van der Waals surface area contributed by atoms with Crippen molar-refractivity contribution >= 4 is 41.8 Å². The van der Waals surface area contributed by atoms with Crippen LogP contribution in [0.2, 0.25) is 0 Å². The number of carbonyl (C=O) groups excluding carboxylic acids is 1. The van der Waals surface area contributed by atoms with Gasteiger partial charge in [0.25, 0.3) is 5.91 Å². The Bertz CT molecular complexity index is 814. The first-order valence-electron chi connectivity index (χ1n) is 9.05. The Balaban J connectivity index is 0.00000196. The lowest BCUT2D eigenvalue weighted by Gasteiger charge is -2.32. The lowest BCUT2D eigenvalue weighted by Crippen LogP contribution is -2.41. The molecule has 1 aromatic heterocycles. The summed E-state index contributed by atoms with van der Waals surface area (Å²) in [6.45, 7) is 6.10. The summed E-state index contributed by atoms with van der Waals surface area (Å²) in [6, 6.07) is 2.58. The van der Waals surface area contributed by atoms with Crippen LogP contribution in [0.3, 0.4) is 0 Å². The number of ether oxygens (including phenoxy) is 1. The number of likely N-dealkylation sites (tertiary alicyclic amines) is 1. The number of halogens is 3. The normalized spacial score (nSPS) is 14.5. The van der Waals surface area contributed by atoms with E-state index in [0.29, 0.717) is 37.3 Å². The minimum absolute atomic E-state index is 0. The second kappa shape index (κ2) is 10.9. The molecule has 28 heavy (non-hydrogen) atoms. The molecule has 1 aliphatic heterocycles. The maximum Gasteiger partial charge on any atom is 0.256 e. The number of carbonyl (C=O) groups is 1. The van der Waals surface area contributed by atoms with Crippen LogP contribution in [0.1, 0.15) is 41.0 Å². The molecule has 0 unspecified atom stereocenters. The summed E-state index contributed by atoms with van der Waals surface area (Å²) in [5, 5.41) is 0. The minimum atomic E-state index is -0.474. The number of nitrogens with two attached hydrogens (primary N) is 1. The van der Waals surface area contributed by atoms with Crippen LogP contribution >= 0.6 is 24.8 Å². The Hall–Kier alpha value is -1.54. The van der Waals surface area contributed by atoms with Gasteiger partial charge in [-0.05, 0) is 45.7 Å². The van der Waals surface area contributed by atoms with Crippen molar-refractivity contribution in [2.45, 2.75) is 39.2 Å². The van der Waals surface area contributed by atoms with Crippen molar-refractivity contribution in [1.82, 2.24) is 14.9 Å². The van der Waals surface area contributed by atoms with Crippen LogP contribution in [0.15, 0.2) is 12.1 Å². The number of aromatic nitrogens is 2. The third-order valence-electron chi connectivity index (χ3n) is 4.81. The SMILES string of the molecule is Cc1nc2cc(F)cc(C(=O)N3CCC(OCCCN)CC3)c2nc1C.Cl.Cl. The molecule has 0 atom stereocenters. The second-order valence-corrected chi connectivity index (χ2v) is 6.72. The minimum Gasteiger partial charge on any atom is -0.378 e. The first-order chi connectivity index (χ1) is 12.5. The Labute approximate surface area is 176 Å². The van der Waals surface area contributed by atoms with Crippen molar-refractivity contribution in [3.8, 4) is 0 Å². The van der Waals surface area contributed by atoms with E-state index in [1.54, 1.807) is 4.90 Å². The molecule has 0 radical (unpaired) electrons. The van der Waals surface area contributed by atoms with Gasteiger partial charge in [0.05, 0.1) is 28.6 Å². The average Bonchev–Trinajstić information content (AvgIpc) is 2.63. The van der Waals surface area contributed by atoms with E-state index in [2.05, 4.69) is 9.97 Å². The summed E-state index contributed by atoms with van der Waals surface area (Å²) in [4.78, 5) is 23.6. The van der Waals surface area contributed by atoms with Crippen LogP contribution in [0.25, 0.3) is 11.0 Å². The fourth-order valence-electron chi connectivity index (χ4n) is 3.19. The number of benzene rings is 1. The smallest absolute Gasteiger partial charge is 0.256 e. The van der Waals surface area contributed by atoms with Gasteiger partial charge < -0.3 is 15.4 Å². The molecule has 9 heteroatoms. The van der Waals surface area contributed by atoms with E-state index in [-0.39, 0.29) is 42.4 Å². The van der Waals surface area contributed by atoms with Gasteiger partial charge in [-0.3, -0.25) is 4.79 Å². The summed E-state index contributed by atoms with van der Waals surface area (Å²) in [5.41, 5.74) is 8.10. The van der Waals surface area contributed by atoms with Gasteiger partial charge in [0.15, 0.2) is 0 Å². The van der Waals surface area contributed by atoms with Crippen molar-refractivity contribution in [1.29, 1.82) is 0 Å². The fourth-order valence-corrected chi connectivity index (χ4v) is 3.19. The summed E-state index contributed by atoms with van der Waals surface area (Å²) in [5.74, 6) is -0.675. The first-order valence-corrected chi connectivity index (χ1v) is 9.05. The Morgan fingerprint density at radius 2 is 1.86 bits per heavy atom. The van der Waals surface area contributed by atoms with Gasteiger partial charge >= 0.3 is 0 Å². The lowest BCUT2D eigenvalue weighted by atomic mass is 10.0. The largest absolute Gasteiger partial charge is 0.378 e. The predicted molar refractivity (Wildman–Crippen MR) is 112 cm³/mol. The summed E-state index contributed by atoms with van der Waals surface area (Å²) in [6.07, 6.45) is 2.53. The van der Waals surface area contributed by atoms with Gasteiger partial charge in [0, 0.05) is 25.8 Å². The monoisotopic (exact) mass is 432 g/mol. The third kappa shape index (κ3) is 5.50. The zero-order valence-corrected chi connectivity index (χ0v) is 17.7. The molecule has 1 aromatic carbocycles.